The maximum Gasteiger partial charge on any atom is 0.261 e. The third kappa shape index (κ3) is 3.89. The van der Waals surface area contributed by atoms with Gasteiger partial charge in [-0.15, -0.1) is 0 Å². The second-order valence-electron chi connectivity index (χ2n) is 6.90. The first-order valence-electron chi connectivity index (χ1n) is 9.16. The van der Waals surface area contributed by atoms with E-state index in [1.54, 1.807) is 29.2 Å². The fourth-order valence-electron chi connectivity index (χ4n) is 3.42. The highest BCUT2D eigenvalue weighted by Crippen LogP contribution is 2.34. The van der Waals surface area contributed by atoms with E-state index >= 15 is 0 Å². The molecule has 2 aliphatic rings. The van der Waals surface area contributed by atoms with E-state index in [1.165, 1.54) is 4.90 Å². The molecule has 1 aliphatic heterocycles. The zero-order chi connectivity index (χ0) is 19.7. The molecular formula is C21H19IN2O4. The number of benzene rings is 2. The number of anilines is 1. The molecule has 2 fully saturated rings. The van der Waals surface area contributed by atoms with Crippen LogP contribution in [-0.4, -0.2) is 41.3 Å². The number of carbonyl (C=O) groups is 3. The van der Waals surface area contributed by atoms with Crippen LogP contribution in [0.25, 0.3) is 0 Å². The molecule has 2 aromatic rings. The summed E-state index contributed by atoms with van der Waals surface area (Å²) in [5.41, 5.74) is 0.543. The van der Waals surface area contributed by atoms with Gasteiger partial charge in [0.15, 0.2) is 6.61 Å². The van der Waals surface area contributed by atoms with Gasteiger partial charge in [0.1, 0.15) is 11.8 Å². The summed E-state index contributed by atoms with van der Waals surface area (Å²) in [6, 6.07) is 15.5. The lowest BCUT2D eigenvalue weighted by Gasteiger charge is -2.27. The predicted molar refractivity (Wildman–Crippen MR) is 112 cm³/mol. The largest absolute Gasteiger partial charge is 0.484 e. The quantitative estimate of drug-likeness (QED) is 0.462. The van der Waals surface area contributed by atoms with Crippen molar-refractivity contribution in [2.24, 2.45) is 0 Å². The SMILES string of the molecule is O=C1CC(N(C(=O)COc2ccccc2)C2CC2)C(=O)N1c1ccc(I)cc1. The van der Waals surface area contributed by atoms with Crippen molar-refractivity contribution in [2.75, 3.05) is 11.5 Å². The number of hydrogen-bond acceptors (Lipinski definition) is 4. The molecule has 4 rings (SSSR count). The van der Waals surface area contributed by atoms with Crippen LogP contribution < -0.4 is 9.64 Å². The third-order valence-electron chi connectivity index (χ3n) is 4.88. The van der Waals surface area contributed by atoms with Gasteiger partial charge in [0.05, 0.1) is 12.1 Å². The van der Waals surface area contributed by atoms with E-state index in [1.807, 2.05) is 30.3 Å². The predicted octanol–water partition coefficient (Wildman–Crippen LogP) is 2.99. The Hall–Kier alpha value is -2.42. The van der Waals surface area contributed by atoms with Crippen molar-refractivity contribution in [1.29, 1.82) is 0 Å². The minimum Gasteiger partial charge on any atom is -0.484 e. The van der Waals surface area contributed by atoms with Crippen LogP contribution in [0.1, 0.15) is 19.3 Å². The highest BCUT2D eigenvalue weighted by atomic mass is 127. The van der Waals surface area contributed by atoms with Gasteiger partial charge in [-0.25, -0.2) is 4.90 Å². The maximum atomic E-state index is 13.0. The van der Waals surface area contributed by atoms with Crippen LogP contribution >= 0.6 is 22.6 Å². The number of carbonyl (C=O) groups excluding carboxylic acids is 3. The molecule has 0 N–H and O–H groups in total. The molecule has 1 saturated heterocycles. The van der Waals surface area contributed by atoms with Crippen molar-refractivity contribution in [3.05, 3.63) is 58.2 Å². The van der Waals surface area contributed by atoms with Crippen LogP contribution in [0.5, 0.6) is 5.75 Å². The Kier molecular flexibility index (Phi) is 5.34. The molecule has 0 bridgehead atoms. The van der Waals surface area contributed by atoms with Gasteiger partial charge in [0.25, 0.3) is 11.8 Å². The molecule has 6 nitrogen and oxygen atoms in total. The Labute approximate surface area is 176 Å². The number of para-hydroxylation sites is 1. The molecule has 1 aliphatic carbocycles. The average Bonchev–Trinajstić information content (AvgIpc) is 3.48. The normalized spacial score (nSPS) is 19.0. The Balaban J connectivity index is 1.50. The second kappa shape index (κ2) is 7.90. The number of amides is 3. The summed E-state index contributed by atoms with van der Waals surface area (Å²) in [5.74, 6) is -0.285. The van der Waals surface area contributed by atoms with Gasteiger partial charge in [-0.3, -0.25) is 14.4 Å². The van der Waals surface area contributed by atoms with Gasteiger partial charge in [-0.2, -0.15) is 0 Å². The summed E-state index contributed by atoms with van der Waals surface area (Å²) in [4.78, 5) is 41.2. The smallest absolute Gasteiger partial charge is 0.261 e. The Morgan fingerprint density at radius 1 is 1.07 bits per heavy atom. The number of hydrogen-bond donors (Lipinski definition) is 0. The lowest BCUT2D eigenvalue weighted by atomic mass is 10.2. The zero-order valence-corrected chi connectivity index (χ0v) is 17.2. The molecule has 144 valence electrons. The van der Waals surface area contributed by atoms with Crippen molar-refractivity contribution < 1.29 is 19.1 Å². The summed E-state index contributed by atoms with van der Waals surface area (Å²) >= 11 is 2.17. The minimum atomic E-state index is -0.758. The van der Waals surface area contributed by atoms with Crippen molar-refractivity contribution in [3.8, 4) is 5.75 Å². The topological polar surface area (TPSA) is 66.9 Å². The fourth-order valence-corrected chi connectivity index (χ4v) is 3.78. The van der Waals surface area contributed by atoms with E-state index in [4.69, 9.17) is 4.74 Å². The van der Waals surface area contributed by atoms with Gasteiger partial charge in [0, 0.05) is 9.61 Å². The lowest BCUT2D eigenvalue weighted by molar-refractivity contribution is -0.140. The van der Waals surface area contributed by atoms with Crippen LogP contribution in [0, 0.1) is 3.57 Å². The van der Waals surface area contributed by atoms with E-state index in [9.17, 15) is 14.4 Å². The molecule has 0 aromatic heterocycles. The van der Waals surface area contributed by atoms with Gasteiger partial charge < -0.3 is 9.64 Å². The molecule has 1 saturated carbocycles. The van der Waals surface area contributed by atoms with Crippen LogP contribution in [0.15, 0.2) is 54.6 Å². The Bertz CT molecular complexity index is 896. The van der Waals surface area contributed by atoms with E-state index in [0.717, 1.165) is 16.4 Å². The average molecular weight is 490 g/mol. The molecular weight excluding hydrogens is 471 g/mol. The van der Waals surface area contributed by atoms with Gasteiger partial charge >= 0.3 is 0 Å². The standard InChI is InChI=1S/C21H19IN2O4/c22-14-6-8-16(9-7-14)24-19(25)12-18(21(24)27)23(15-10-11-15)20(26)13-28-17-4-2-1-3-5-17/h1-9,15,18H,10-13H2. The molecule has 1 atom stereocenters. The van der Waals surface area contributed by atoms with Crippen molar-refractivity contribution in [2.45, 2.75) is 31.3 Å². The number of nitrogens with zero attached hydrogens (tertiary/aromatic N) is 2. The molecule has 1 unspecified atom stereocenters. The molecule has 2 aromatic carbocycles. The monoisotopic (exact) mass is 490 g/mol. The molecule has 0 radical (unpaired) electrons. The van der Waals surface area contributed by atoms with E-state index < -0.39 is 6.04 Å². The highest BCUT2D eigenvalue weighted by Gasteiger charge is 2.48. The number of ether oxygens (including phenoxy) is 1. The first-order chi connectivity index (χ1) is 13.5. The van der Waals surface area contributed by atoms with E-state index in [2.05, 4.69) is 22.6 Å². The van der Waals surface area contributed by atoms with Crippen LogP contribution in [0.3, 0.4) is 0 Å². The first-order valence-corrected chi connectivity index (χ1v) is 10.2. The minimum absolute atomic E-state index is 0.00490. The fraction of sp³-hybridized carbons (Fsp3) is 0.286. The number of imide groups is 1. The molecule has 1 heterocycles. The lowest BCUT2D eigenvalue weighted by Crippen LogP contribution is -2.48. The van der Waals surface area contributed by atoms with Gasteiger partial charge in [-0.1, -0.05) is 18.2 Å². The van der Waals surface area contributed by atoms with Gasteiger partial charge in [0.2, 0.25) is 5.91 Å². The van der Waals surface area contributed by atoms with Crippen LogP contribution in [-0.2, 0) is 14.4 Å². The summed E-state index contributed by atoms with van der Waals surface area (Å²) in [6.07, 6.45) is 1.70. The molecule has 0 spiro atoms. The molecule has 28 heavy (non-hydrogen) atoms. The highest BCUT2D eigenvalue weighted by molar-refractivity contribution is 14.1. The van der Waals surface area contributed by atoms with E-state index in [0.29, 0.717) is 11.4 Å². The number of halogens is 1. The van der Waals surface area contributed by atoms with Gasteiger partial charge in [-0.05, 0) is 71.8 Å². The maximum absolute atomic E-state index is 13.0. The second-order valence-corrected chi connectivity index (χ2v) is 8.14. The summed E-state index contributed by atoms with van der Waals surface area (Å²) in [7, 11) is 0. The van der Waals surface area contributed by atoms with Crippen molar-refractivity contribution >= 4 is 46.0 Å². The molecule has 7 heteroatoms. The zero-order valence-electron chi connectivity index (χ0n) is 15.1. The Morgan fingerprint density at radius 2 is 1.75 bits per heavy atom. The summed E-state index contributed by atoms with van der Waals surface area (Å²) in [5, 5.41) is 0. The molecule has 3 amide bonds. The van der Waals surface area contributed by atoms with Crippen LogP contribution in [0.4, 0.5) is 5.69 Å². The van der Waals surface area contributed by atoms with Crippen LogP contribution in [0.2, 0.25) is 0 Å². The third-order valence-corrected chi connectivity index (χ3v) is 5.60. The van der Waals surface area contributed by atoms with Crippen molar-refractivity contribution in [3.63, 3.8) is 0 Å². The Morgan fingerprint density at radius 3 is 2.39 bits per heavy atom. The summed E-state index contributed by atoms with van der Waals surface area (Å²) in [6.45, 7) is -0.151. The summed E-state index contributed by atoms with van der Waals surface area (Å²) < 4.78 is 6.59. The number of rotatable bonds is 6. The van der Waals surface area contributed by atoms with E-state index in [-0.39, 0.29) is 36.8 Å². The first kappa shape index (κ1) is 18.9. The van der Waals surface area contributed by atoms with Crippen molar-refractivity contribution in [1.82, 2.24) is 4.90 Å².